The standard InChI is InChI=1S/C22H20F3NO2S/c1-12(2)29-19-18(15-6-5-13(3)14(4)11-15)20(27)26(21(19)28)17-9-7-16(8-10-17)22(23,24)25/h5-12H,1-4H3. The second kappa shape index (κ2) is 7.71. The highest BCUT2D eigenvalue weighted by atomic mass is 32.2. The fourth-order valence-electron chi connectivity index (χ4n) is 3.04. The Morgan fingerprint density at radius 2 is 1.52 bits per heavy atom. The Bertz CT molecular complexity index is 1010. The largest absolute Gasteiger partial charge is 0.416 e. The summed E-state index contributed by atoms with van der Waals surface area (Å²) in [6.45, 7) is 7.69. The quantitative estimate of drug-likeness (QED) is 0.593. The number of alkyl halides is 3. The van der Waals surface area contributed by atoms with Gasteiger partial charge in [-0.25, -0.2) is 4.90 Å². The van der Waals surface area contributed by atoms with Gasteiger partial charge in [0.2, 0.25) is 0 Å². The lowest BCUT2D eigenvalue weighted by atomic mass is 10.0. The number of anilines is 1. The number of nitrogens with zero attached hydrogens (tertiary/aromatic N) is 1. The van der Waals surface area contributed by atoms with E-state index in [1.54, 1.807) is 6.07 Å². The molecule has 0 spiro atoms. The molecule has 1 heterocycles. The summed E-state index contributed by atoms with van der Waals surface area (Å²) in [5.74, 6) is -1.04. The Balaban J connectivity index is 2.07. The normalized spacial score (nSPS) is 15.1. The van der Waals surface area contributed by atoms with Crippen molar-refractivity contribution in [2.24, 2.45) is 0 Å². The van der Waals surface area contributed by atoms with Crippen LogP contribution in [-0.4, -0.2) is 17.1 Å². The van der Waals surface area contributed by atoms with E-state index in [-0.39, 0.29) is 16.5 Å². The fraction of sp³-hybridized carbons (Fsp3) is 0.273. The van der Waals surface area contributed by atoms with Gasteiger partial charge in [0.05, 0.1) is 21.7 Å². The van der Waals surface area contributed by atoms with E-state index in [0.29, 0.717) is 10.5 Å². The monoisotopic (exact) mass is 419 g/mol. The Hall–Kier alpha value is -2.54. The van der Waals surface area contributed by atoms with Crippen LogP contribution in [0, 0.1) is 13.8 Å². The van der Waals surface area contributed by atoms with Gasteiger partial charge in [-0.2, -0.15) is 13.2 Å². The molecule has 1 aliphatic rings. The van der Waals surface area contributed by atoms with Gasteiger partial charge in [0.15, 0.2) is 0 Å². The third kappa shape index (κ3) is 4.10. The van der Waals surface area contributed by atoms with Crippen LogP contribution in [0.3, 0.4) is 0 Å². The lowest BCUT2D eigenvalue weighted by Crippen LogP contribution is -2.31. The number of benzene rings is 2. The summed E-state index contributed by atoms with van der Waals surface area (Å²) in [6, 6.07) is 9.58. The Morgan fingerprint density at radius 3 is 2.03 bits per heavy atom. The molecule has 0 radical (unpaired) electrons. The molecular formula is C22H20F3NO2S. The zero-order valence-corrected chi connectivity index (χ0v) is 17.2. The van der Waals surface area contributed by atoms with Crippen molar-refractivity contribution in [3.63, 3.8) is 0 Å². The number of imide groups is 1. The van der Waals surface area contributed by atoms with Crippen molar-refractivity contribution >= 4 is 34.8 Å². The highest BCUT2D eigenvalue weighted by Crippen LogP contribution is 2.40. The van der Waals surface area contributed by atoms with Crippen LogP contribution in [0.1, 0.15) is 36.1 Å². The van der Waals surface area contributed by atoms with Crippen LogP contribution >= 0.6 is 11.8 Å². The number of carbonyl (C=O) groups is 2. The average molecular weight is 419 g/mol. The van der Waals surface area contributed by atoms with Crippen molar-refractivity contribution < 1.29 is 22.8 Å². The second-order valence-electron chi connectivity index (χ2n) is 7.16. The number of halogens is 3. The minimum atomic E-state index is -4.49. The predicted octanol–water partition coefficient (Wildman–Crippen LogP) is 5.75. The Morgan fingerprint density at radius 1 is 0.897 bits per heavy atom. The van der Waals surface area contributed by atoms with Crippen molar-refractivity contribution in [3.8, 4) is 0 Å². The SMILES string of the molecule is Cc1ccc(C2=C(SC(C)C)C(=O)N(c3ccc(C(F)(F)F)cc3)C2=O)cc1C. The zero-order valence-electron chi connectivity index (χ0n) is 16.4. The minimum absolute atomic E-state index is 0.0517. The van der Waals surface area contributed by atoms with Crippen LogP contribution < -0.4 is 4.90 Å². The molecule has 0 bridgehead atoms. The van der Waals surface area contributed by atoms with E-state index in [1.807, 2.05) is 39.8 Å². The first-order valence-corrected chi connectivity index (χ1v) is 9.93. The molecule has 1 aliphatic heterocycles. The molecule has 0 saturated heterocycles. The Kier molecular flexibility index (Phi) is 5.63. The molecule has 2 aromatic carbocycles. The molecule has 0 atom stereocenters. The maximum atomic E-state index is 13.2. The molecule has 3 nitrogen and oxygen atoms in total. The van der Waals surface area contributed by atoms with E-state index in [0.717, 1.165) is 40.3 Å². The highest BCUT2D eigenvalue weighted by Gasteiger charge is 2.41. The summed E-state index contributed by atoms with van der Waals surface area (Å²) in [5, 5.41) is 0.0517. The smallest absolute Gasteiger partial charge is 0.268 e. The van der Waals surface area contributed by atoms with E-state index in [2.05, 4.69) is 0 Å². The third-order valence-corrected chi connectivity index (χ3v) is 5.73. The molecule has 0 saturated carbocycles. The number of aryl methyl sites for hydroxylation is 2. The van der Waals surface area contributed by atoms with Gasteiger partial charge in [0.1, 0.15) is 0 Å². The van der Waals surface area contributed by atoms with Gasteiger partial charge in [0, 0.05) is 5.25 Å². The van der Waals surface area contributed by atoms with E-state index in [1.165, 1.54) is 11.8 Å². The van der Waals surface area contributed by atoms with E-state index in [4.69, 9.17) is 0 Å². The molecular weight excluding hydrogens is 399 g/mol. The van der Waals surface area contributed by atoms with Gasteiger partial charge in [-0.15, -0.1) is 11.8 Å². The summed E-state index contributed by atoms with van der Waals surface area (Å²) in [6.07, 6.45) is -4.49. The first-order chi connectivity index (χ1) is 13.5. The molecule has 152 valence electrons. The molecule has 3 rings (SSSR count). The maximum Gasteiger partial charge on any atom is 0.416 e. The van der Waals surface area contributed by atoms with Crippen LogP contribution in [0.5, 0.6) is 0 Å². The van der Waals surface area contributed by atoms with Crippen LogP contribution in [0.15, 0.2) is 47.4 Å². The van der Waals surface area contributed by atoms with Crippen molar-refractivity contribution in [2.75, 3.05) is 4.90 Å². The first-order valence-electron chi connectivity index (χ1n) is 9.05. The number of hydrogen-bond donors (Lipinski definition) is 0. The first kappa shape index (κ1) is 21.2. The highest BCUT2D eigenvalue weighted by molar-refractivity contribution is 8.04. The van der Waals surface area contributed by atoms with Crippen LogP contribution in [0.25, 0.3) is 5.57 Å². The lowest BCUT2D eigenvalue weighted by molar-refractivity contribution is -0.137. The van der Waals surface area contributed by atoms with Gasteiger partial charge in [-0.3, -0.25) is 9.59 Å². The molecule has 0 fully saturated rings. The third-order valence-electron chi connectivity index (χ3n) is 4.64. The zero-order chi connectivity index (χ0) is 21.5. The van der Waals surface area contributed by atoms with E-state index < -0.39 is 23.6 Å². The number of amides is 2. The van der Waals surface area contributed by atoms with Crippen molar-refractivity contribution in [1.29, 1.82) is 0 Å². The molecule has 0 N–H and O–H groups in total. The molecule has 2 aromatic rings. The molecule has 0 aliphatic carbocycles. The number of hydrogen-bond acceptors (Lipinski definition) is 3. The number of rotatable bonds is 4. The summed E-state index contributed by atoms with van der Waals surface area (Å²) >= 11 is 1.28. The molecule has 0 unspecified atom stereocenters. The summed E-state index contributed by atoms with van der Waals surface area (Å²) in [4.78, 5) is 27.5. The van der Waals surface area contributed by atoms with Crippen LogP contribution in [0.2, 0.25) is 0 Å². The average Bonchev–Trinajstić information content (AvgIpc) is 2.86. The number of thioether (sulfide) groups is 1. The van der Waals surface area contributed by atoms with E-state index in [9.17, 15) is 22.8 Å². The lowest BCUT2D eigenvalue weighted by Gasteiger charge is -2.16. The van der Waals surface area contributed by atoms with Gasteiger partial charge in [-0.05, 0) is 54.8 Å². The molecule has 29 heavy (non-hydrogen) atoms. The molecule has 2 amide bonds. The minimum Gasteiger partial charge on any atom is -0.268 e. The molecule has 0 aromatic heterocycles. The molecule has 7 heteroatoms. The van der Waals surface area contributed by atoms with Gasteiger partial charge in [0.25, 0.3) is 11.8 Å². The topological polar surface area (TPSA) is 37.4 Å². The van der Waals surface area contributed by atoms with Gasteiger partial charge < -0.3 is 0 Å². The van der Waals surface area contributed by atoms with Crippen molar-refractivity contribution in [2.45, 2.75) is 39.1 Å². The summed E-state index contributed by atoms with van der Waals surface area (Å²) < 4.78 is 38.6. The van der Waals surface area contributed by atoms with Crippen LogP contribution in [0.4, 0.5) is 18.9 Å². The number of carbonyl (C=O) groups excluding carboxylic acids is 2. The van der Waals surface area contributed by atoms with Crippen molar-refractivity contribution in [3.05, 3.63) is 69.6 Å². The maximum absolute atomic E-state index is 13.2. The fourth-order valence-corrected chi connectivity index (χ4v) is 4.03. The second-order valence-corrected chi connectivity index (χ2v) is 8.75. The summed E-state index contributed by atoms with van der Waals surface area (Å²) in [7, 11) is 0. The Labute approximate surface area is 171 Å². The van der Waals surface area contributed by atoms with Crippen LogP contribution in [-0.2, 0) is 15.8 Å². The van der Waals surface area contributed by atoms with Gasteiger partial charge >= 0.3 is 6.18 Å². The van der Waals surface area contributed by atoms with Crippen molar-refractivity contribution in [1.82, 2.24) is 0 Å². The summed E-state index contributed by atoms with van der Waals surface area (Å²) in [5.41, 5.74) is 2.25. The predicted molar refractivity (Wildman–Crippen MR) is 110 cm³/mol. The van der Waals surface area contributed by atoms with Gasteiger partial charge in [-0.1, -0.05) is 32.0 Å². The van der Waals surface area contributed by atoms with E-state index >= 15 is 0 Å².